The summed E-state index contributed by atoms with van der Waals surface area (Å²) < 4.78 is 5.17. The van der Waals surface area contributed by atoms with Crippen molar-refractivity contribution in [1.82, 2.24) is 5.01 Å². The molecular formula is C14H23N3O. The third-order valence-electron chi connectivity index (χ3n) is 2.74. The standard InChI is InChI=1S/C14H23N3O/c1-3-10-17(16)13(11-18-2)9-8-12-6-4-5-7-14(12)15/h4-7,9H,3,8,10-11,15-16H2,1-2H3/b13-9-. The third kappa shape index (κ3) is 4.39. The highest BCUT2D eigenvalue weighted by atomic mass is 16.5. The van der Waals surface area contributed by atoms with Gasteiger partial charge in [-0.05, 0) is 24.5 Å². The molecule has 1 aromatic carbocycles. The van der Waals surface area contributed by atoms with Crippen molar-refractivity contribution in [3.8, 4) is 0 Å². The normalized spacial score (nSPS) is 11.6. The summed E-state index contributed by atoms with van der Waals surface area (Å²) >= 11 is 0. The molecule has 1 aromatic rings. The number of hydrogen-bond acceptors (Lipinski definition) is 4. The molecule has 0 amide bonds. The largest absolute Gasteiger partial charge is 0.398 e. The third-order valence-corrected chi connectivity index (χ3v) is 2.74. The number of rotatable bonds is 7. The van der Waals surface area contributed by atoms with Crippen LogP contribution in [0.2, 0.25) is 0 Å². The first-order chi connectivity index (χ1) is 8.69. The fourth-order valence-electron chi connectivity index (χ4n) is 1.74. The molecule has 1 rings (SSSR count). The van der Waals surface area contributed by atoms with E-state index in [0.29, 0.717) is 6.61 Å². The highest BCUT2D eigenvalue weighted by Gasteiger charge is 2.04. The van der Waals surface area contributed by atoms with E-state index in [1.54, 1.807) is 12.1 Å². The number of anilines is 1. The Kier molecular flexibility index (Phi) is 6.25. The highest BCUT2D eigenvalue weighted by molar-refractivity contribution is 5.47. The zero-order chi connectivity index (χ0) is 13.4. The first-order valence-electron chi connectivity index (χ1n) is 6.22. The summed E-state index contributed by atoms with van der Waals surface area (Å²) in [7, 11) is 1.67. The van der Waals surface area contributed by atoms with Crippen LogP contribution in [0.4, 0.5) is 5.69 Å². The maximum absolute atomic E-state index is 5.97. The van der Waals surface area contributed by atoms with E-state index in [-0.39, 0.29) is 0 Å². The molecule has 0 saturated heterocycles. The van der Waals surface area contributed by atoms with Crippen LogP contribution in [0.3, 0.4) is 0 Å². The van der Waals surface area contributed by atoms with Crippen molar-refractivity contribution >= 4 is 5.69 Å². The maximum Gasteiger partial charge on any atom is 0.0871 e. The number of hydrogen-bond donors (Lipinski definition) is 2. The molecule has 0 aliphatic rings. The number of benzene rings is 1. The number of para-hydroxylation sites is 1. The van der Waals surface area contributed by atoms with Gasteiger partial charge in [-0.1, -0.05) is 31.2 Å². The van der Waals surface area contributed by atoms with E-state index < -0.39 is 0 Å². The van der Waals surface area contributed by atoms with Crippen LogP contribution < -0.4 is 11.6 Å². The second kappa shape index (κ2) is 7.74. The van der Waals surface area contributed by atoms with E-state index in [1.807, 2.05) is 24.3 Å². The molecule has 0 fully saturated rings. The highest BCUT2D eigenvalue weighted by Crippen LogP contribution is 2.13. The SMILES string of the molecule is CCCN(N)/C(=C\Cc1ccccc1N)COC. The molecule has 0 bridgehead atoms. The van der Waals surface area contributed by atoms with Gasteiger partial charge in [-0.25, -0.2) is 5.84 Å². The number of nitrogens with two attached hydrogens (primary N) is 2. The van der Waals surface area contributed by atoms with Gasteiger partial charge in [-0.2, -0.15) is 0 Å². The predicted molar refractivity (Wildman–Crippen MR) is 75.7 cm³/mol. The van der Waals surface area contributed by atoms with Crippen molar-refractivity contribution in [3.63, 3.8) is 0 Å². The Morgan fingerprint density at radius 2 is 2.11 bits per heavy atom. The Morgan fingerprint density at radius 1 is 1.39 bits per heavy atom. The van der Waals surface area contributed by atoms with Crippen molar-refractivity contribution in [2.75, 3.05) is 26.0 Å². The van der Waals surface area contributed by atoms with Gasteiger partial charge in [0.05, 0.1) is 12.3 Å². The van der Waals surface area contributed by atoms with E-state index in [2.05, 4.69) is 13.0 Å². The lowest BCUT2D eigenvalue weighted by Gasteiger charge is -2.21. The Hall–Kier alpha value is -1.52. The van der Waals surface area contributed by atoms with Gasteiger partial charge >= 0.3 is 0 Å². The van der Waals surface area contributed by atoms with E-state index in [4.69, 9.17) is 16.3 Å². The van der Waals surface area contributed by atoms with Crippen molar-refractivity contribution in [2.24, 2.45) is 5.84 Å². The summed E-state index contributed by atoms with van der Waals surface area (Å²) in [6.45, 7) is 3.43. The summed E-state index contributed by atoms with van der Waals surface area (Å²) in [6.07, 6.45) is 3.85. The molecule has 4 N–H and O–H groups in total. The van der Waals surface area contributed by atoms with Crippen molar-refractivity contribution in [2.45, 2.75) is 19.8 Å². The van der Waals surface area contributed by atoms with Gasteiger partial charge in [0.2, 0.25) is 0 Å². The average Bonchev–Trinajstić information content (AvgIpc) is 2.36. The van der Waals surface area contributed by atoms with E-state index in [9.17, 15) is 0 Å². The predicted octanol–water partition coefficient (Wildman–Crippen LogP) is 1.93. The summed E-state index contributed by atoms with van der Waals surface area (Å²) in [5.74, 6) is 5.97. The van der Waals surface area contributed by atoms with Gasteiger partial charge in [-0.3, -0.25) is 0 Å². The van der Waals surface area contributed by atoms with Gasteiger partial charge in [0, 0.05) is 19.3 Å². The zero-order valence-corrected chi connectivity index (χ0v) is 11.2. The first-order valence-corrected chi connectivity index (χ1v) is 6.22. The van der Waals surface area contributed by atoms with E-state index in [1.165, 1.54) is 0 Å². The number of allylic oxidation sites excluding steroid dienone is 1. The van der Waals surface area contributed by atoms with Crippen LogP contribution in [0.15, 0.2) is 36.0 Å². The van der Waals surface area contributed by atoms with Gasteiger partial charge in [0.15, 0.2) is 0 Å². The number of hydrazine groups is 1. The van der Waals surface area contributed by atoms with Gasteiger partial charge in [0.25, 0.3) is 0 Å². The fourth-order valence-corrected chi connectivity index (χ4v) is 1.74. The Morgan fingerprint density at radius 3 is 2.72 bits per heavy atom. The topological polar surface area (TPSA) is 64.5 Å². The van der Waals surface area contributed by atoms with E-state index >= 15 is 0 Å². The molecule has 18 heavy (non-hydrogen) atoms. The quantitative estimate of drug-likeness (QED) is 0.440. The summed E-state index contributed by atoms with van der Waals surface area (Å²) in [6, 6.07) is 7.86. The summed E-state index contributed by atoms with van der Waals surface area (Å²) in [4.78, 5) is 0. The lowest BCUT2D eigenvalue weighted by atomic mass is 10.1. The Bertz CT molecular complexity index is 390. The number of ether oxygens (including phenoxy) is 1. The molecule has 100 valence electrons. The smallest absolute Gasteiger partial charge is 0.0871 e. The Labute approximate surface area is 109 Å². The molecule has 0 saturated carbocycles. The van der Waals surface area contributed by atoms with Gasteiger partial charge in [0.1, 0.15) is 0 Å². The minimum Gasteiger partial charge on any atom is -0.398 e. The summed E-state index contributed by atoms with van der Waals surface area (Å²) in [5, 5.41) is 1.74. The Balaban J connectivity index is 2.74. The molecular weight excluding hydrogens is 226 g/mol. The average molecular weight is 249 g/mol. The van der Waals surface area contributed by atoms with Crippen LogP contribution in [0.25, 0.3) is 0 Å². The van der Waals surface area contributed by atoms with Gasteiger partial charge < -0.3 is 15.5 Å². The van der Waals surface area contributed by atoms with Crippen LogP contribution in [0.5, 0.6) is 0 Å². The second-order valence-electron chi connectivity index (χ2n) is 4.22. The molecule has 4 nitrogen and oxygen atoms in total. The van der Waals surface area contributed by atoms with Crippen molar-refractivity contribution in [1.29, 1.82) is 0 Å². The van der Waals surface area contributed by atoms with Crippen molar-refractivity contribution < 1.29 is 4.74 Å². The van der Waals surface area contributed by atoms with Crippen LogP contribution in [-0.2, 0) is 11.2 Å². The lowest BCUT2D eigenvalue weighted by molar-refractivity contribution is 0.188. The number of nitrogen functional groups attached to an aromatic ring is 1. The number of methoxy groups -OCH3 is 1. The monoisotopic (exact) mass is 249 g/mol. The number of nitrogens with zero attached hydrogens (tertiary/aromatic N) is 1. The zero-order valence-electron chi connectivity index (χ0n) is 11.2. The van der Waals surface area contributed by atoms with Crippen LogP contribution in [-0.4, -0.2) is 25.3 Å². The molecule has 0 atom stereocenters. The minimum atomic E-state index is 0.517. The maximum atomic E-state index is 5.97. The first kappa shape index (κ1) is 14.5. The lowest BCUT2D eigenvalue weighted by Crippen LogP contribution is -2.33. The molecule has 0 spiro atoms. The summed E-state index contributed by atoms with van der Waals surface area (Å²) in [5.41, 5.74) is 8.82. The molecule has 0 radical (unpaired) electrons. The molecule has 4 heteroatoms. The molecule has 0 heterocycles. The minimum absolute atomic E-state index is 0.517. The van der Waals surface area contributed by atoms with Crippen molar-refractivity contribution in [3.05, 3.63) is 41.6 Å². The second-order valence-corrected chi connectivity index (χ2v) is 4.22. The van der Waals surface area contributed by atoms with Gasteiger partial charge in [-0.15, -0.1) is 0 Å². The van der Waals surface area contributed by atoms with Crippen LogP contribution in [0, 0.1) is 0 Å². The molecule has 0 unspecified atom stereocenters. The van der Waals surface area contributed by atoms with Crippen LogP contribution in [0.1, 0.15) is 18.9 Å². The van der Waals surface area contributed by atoms with Crippen LogP contribution >= 0.6 is 0 Å². The van der Waals surface area contributed by atoms with E-state index in [0.717, 1.165) is 36.3 Å². The molecule has 0 aliphatic heterocycles. The fraction of sp³-hybridized carbons (Fsp3) is 0.429. The molecule has 0 aromatic heterocycles. The molecule has 0 aliphatic carbocycles.